The van der Waals surface area contributed by atoms with Gasteiger partial charge in [0.05, 0.1) is 5.36 Å². The van der Waals surface area contributed by atoms with Crippen molar-refractivity contribution in [3.63, 3.8) is 0 Å². The molecule has 3 rings (SSSR count). The molecule has 0 aromatic heterocycles. The van der Waals surface area contributed by atoms with Crippen molar-refractivity contribution in [3.8, 4) is 0 Å². The number of hydrogen-bond acceptors (Lipinski definition) is 1. The van der Waals surface area contributed by atoms with Gasteiger partial charge < -0.3 is 0 Å². The average Bonchev–Trinajstić information content (AvgIpc) is 2.59. The molecule has 0 fully saturated rings. The zero-order chi connectivity index (χ0) is 9.54. The molecule has 1 amide bonds. The monoisotopic (exact) mass is 181 g/mol. The van der Waals surface area contributed by atoms with Crippen LogP contribution in [0.25, 0.3) is 16.8 Å². The van der Waals surface area contributed by atoms with Crippen LogP contribution in [-0.4, -0.2) is 5.91 Å². The maximum absolute atomic E-state index is 11.1. The Hall–Kier alpha value is -1.96. The van der Waals surface area contributed by atoms with Crippen LogP contribution in [0.5, 0.6) is 0 Å². The molecular formula is C12H7NO. The number of carbonyl (C=O) groups excluding carboxylic acids is 1. The van der Waals surface area contributed by atoms with E-state index in [4.69, 9.17) is 0 Å². The first kappa shape index (κ1) is 7.44. The van der Waals surface area contributed by atoms with Gasteiger partial charge in [-0.05, 0) is 5.39 Å². The zero-order valence-corrected chi connectivity index (χ0v) is 7.40. The van der Waals surface area contributed by atoms with Gasteiger partial charge in [0.2, 0.25) is 0 Å². The predicted molar refractivity (Wildman–Crippen MR) is 54.2 cm³/mol. The number of fused-ring (bicyclic) bond motifs is 3. The Bertz CT molecular complexity index is 656. The molecule has 0 spiro atoms. The smallest absolute Gasteiger partial charge is 0.267 e. The predicted octanol–water partition coefficient (Wildman–Crippen LogP) is 0.780. The second-order valence-corrected chi connectivity index (χ2v) is 3.32. The Morgan fingerprint density at radius 3 is 2.79 bits per heavy atom. The number of carbonyl (C=O) groups is 1. The lowest BCUT2D eigenvalue weighted by Crippen LogP contribution is -2.21. The van der Waals surface area contributed by atoms with Crippen molar-refractivity contribution in [2.24, 2.45) is 4.99 Å². The third kappa shape index (κ3) is 0.909. The quantitative estimate of drug-likeness (QED) is 0.590. The Balaban J connectivity index is 2.65. The van der Waals surface area contributed by atoms with Crippen molar-refractivity contribution in [1.82, 2.24) is 0 Å². The summed E-state index contributed by atoms with van der Waals surface area (Å²) >= 11 is 0. The van der Waals surface area contributed by atoms with E-state index in [1.807, 2.05) is 36.4 Å². The van der Waals surface area contributed by atoms with Gasteiger partial charge in [-0.1, -0.05) is 36.4 Å². The van der Waals surface area contributed by atoms with Gasteiger partial charge in [-0.15, -0.1) is 0 Å². The van der Waals surface area contributed by atoms with Crippen molar-refractivity contribution >= 4 is 22.8 Å². The minimum atomic E-state index is -0.156. The molecule has 66 valence electrons. The SMILES string of the molecule is O=C1C=c2ccc3ccccc3c2=N1. The van der Waals surface area contributed by atoms with E-state index in [2.05, 4.69) is 4.99 Å². The number of amides is 1. The molecule has 0 N–H and O–H groups in total. The lowest BCUT2D eigenvalue weighted by atomic mass is 10.1. The van der Waals surface area contributed by atoms with Crippen LogP contribution in [0.3, 0.4) is 0 Å². The van der Waals surface area contributed by atoms with Crippen molar-refractivity contribution in [2.75, 3.05) is 0 Å². The first-order chi connectivity index (χ1) is 6.84. The summed E-state index contributed by atoms with van der Waals surface area (Å²) in [6.07, 6.45) is 1.57. The number of hydrogen-bond donors (Lipinski definition) is 0. The molecular weight excluding hydrogens is 174 g/mol. The van der Waals surface area contributed by atoms with E-state index in [0.717, 1.165) is 21.3 Å². The van der Waals surface area contributed by atoms with Crippen LogP contribution in [0.1, 0.15) is 0 Å². The molecule has 2 nitrogen and oxygen atoms in total. The van der Waals surface area contributed by atoms with Crippen LogP contribution in [0.15, 0.2) is 41.4 Å². The standard InChI is InChI=1S/C12H7NO/c14-11-7-9-6-5-8-3-1-2-4-10(8)12(9)13-11/h1-7H. The minimum Gasteiger partial charge on any atom is -0.267 e. The normalized spacial score (nSPS) is 13.6. The maximum atomic E-state index is 11.1. The van der Waals surface area contributed by atoms with Gasteiger partial charge in [0.25, 0.3) is 5.91 Å². The van der Waals surface area contributed by atoms with Crippen LogP contribution in [0.2, 0.25) is 0 Å². The Morgan fingerprint density at radius 1 is 1.00 bits per heavy atom. The summed E-state index contributed by atoms with van der Waals surface area (Å²) in [6, 6.07) is 11.9. The van der Waals surface area contributed by atoms with Crippen molar-refractivity contribution in [1.29, 1.82) is 0 Å². The summed E-state index contributed by atoms with van der Waals surface area (Å²) < 4.78 is 0. The fourth-order valence-electron chi connectivity index (χ4n) is 1.79. The Labute approximate surface area is 80.2 Å². The highest BCUT2D eigenvalue weighted by atomic mass is 16.1. The fourth-order valence-corrected chi connectivity index (χ4v) is 1.79. The topological polar surface area (TPSA) is 29.4 Å². The Morgan fingerprint density at radius 2 is 1.86 bits per heavy atom. The summed E-state index contributed by atoms with van der Waals surface area (Å²) in [5.41, 5.74) is 0. The molecule has 0 saturated heterocycles. The summed E-state index contributed by atoms with van der Waals surface area (Å²) in [6.45, 7) is 0. The van der Waals surface area contributed by atoms with Crippen molar-refractivity contribution in [2.45, 2.75) is 0 Å². The molecule has 14 heavy (non-hydrogen) atoms. The molecule has 2 heteroatoms. The largest absolute Gasteiger partial charge is 0.270 e. The van der Waals surface area contributed by atoms with Gasteiger partial charge in [0.15, 0.2) is 0 Å². The van der Waals surface area contributed by atoms with E-state index >= 15 is 0 Å². The highest BCUT2D eigenvalue weighted by molar-refractivity contribution is 6.07. The van der Waals surface area contributed by atoms with E-state index < -0.39 is 0 Å². The molecule has 0 bridgehead atoms. The first-order valence-electron chi connectivity index (χ1n) is 4.47. The molecule has 2 aromatic carbocycles. The third-order valence-corrected chi connectivity index (χ3v) is 2.43. The summed E-state index contributed by atoms with van der Waals surface area (Å²) in [5, 5.41) is 3.91. The van der Waals surface area contributed by atoms with E-state index in [-0.39, 0.29) is 5.91 Å². The van der Waals surface area contributed by atoms with Gasteiger partial charge in [0, 0.05) is 16.7 Å². The van der Waals surface area contributed by atoms with Crippen molar-refractivity contribution < 1.29 is 4.79 Å². The second-order valence-electron chi connectivity index (χ2n) is 3.32. The highest BCUT2D eigenvalue weighted by Crippen LogP contribution is 2.07. The van der Waals surface area contributed by atoms with E-state index in [0.29, 0.717) is 0 Å². The average molecular weight is 181 g/mol. The molecule has 1 heterocycles. The zero-order valence-electron chi connectivity index (χ0n) is 7.40. The number of rotatable bonds is 0. The summed E-state index contributed by atoms with van der Waals surface area (Å²) in [7, 11) is 0. The van der Waals surface area contributed by atoms with Gasteiger partial charge in [-0.3, -0.25) is 4.79 Å². The van der Waals surface area contributed by atoms with Crippen LogP contribution in [0, 0.1) is 0 Å². The maximum Gasteiger partial charge on any atom is 0.270 e. The molecule has 0 atom stereocenters. The lowest BCUT2D eigenvalue weighted by Gasteiger charge is -1.94. The van der Waals surface area contributed by atoms with Gasteiger partial charge in [-0.2, -0.15) is 0 Å². The third-order valence-electron chi connectivity index (χ3n) is 2.43. The highest BCUT2D eigenvalue weighted by Gasteiger charge is 2.05. The van der Waals surface area contributed by atoms with Crippen LogP contribution >= 0.6 is 0 Å². The molecule has 0 aliphatic carbocycles. The van der Waals surface area contributed by atoms with Crippen LogP contribution in [0.4, 0.5) is 0 Å². The van der Waals surface area contributed by atoms with Gasteiger partial charge in [-0.25, -0.2) is 4.99 Å². The first-order valence-corrected chi connectivity index (χ1v) is 4.47. The summed E-state index contributed by atoms with van der Waals surface area (Å²) in [4.78, 5) is 15.1. The molecule has 1 aliphatic rings. The van der Waals surface area contributed by atoms with E-state index in [1.54, 1.807) is 6.08 Å². The molecule has 1 aliphatic heterocycles. The van der Waals surface area contributed by atoms with E-state index in [9.17, 15) is 4.79 Å². The summed E-state index contributed by atoms with van der Waals surface area (Å²) in [5.74, 6) is -0.156. The van der Waals surface area contributed by atoms with Crippen LogP contribution in [-0.2, 0) is 4.79 Å². The Kier molecular flexibility index (Phi) is 1.34. The molecule has 2 aromatic rings. The molecule has 0 radical (unpaired) electrons. The number of benzene rings is 2. The van der Waals surface area contributed by atoms with Gasteiger partial charge in [0.1, 0.15) is 0 Å². The fraction of sp³-hybridized carbons (Fsp3) is 0. The second kappa shape index (κ2) is 2.51. The molecule has 0 unspecified atom stereocenters. The molecule has 0 saturated carbocycles. The number of nitrogens with zero attached hydrogens (tertiary/aromatic N) is 1. The van der Waals surface area contributed by atoms with E-state index in [1.165, 1.54) is 0 Å². The van der Waals surface area contributed by atoms with Gasteiger partial charge >= 0.3 is 0 Å². The minimum absolute atomic E-state index is 0.156. The lowest BCUT2D eigenvalue weighted by molar-refractivity contribution is -0.112. The van der Waals surface area contributed by atoms with Crippen molar-refractivity contribution in [3.05, 3.63) is 47.0 Å². The van der Waals surface area contributed by atoms with Crippen LogP contribution < -0.4 is 10.6 Å².